The van der Waals surface area contributed by atoms with Crippen molar-refractivity contribution in [2.24, 2.45) is 0 Å². The summed E-state index contributed by atoms with van der Waals surface area (Å²) in [5.41, 5.74) is 4.14. The number of thiazole rings is 1. The van der Waals surface area contributed by atoms with Crippen molar-refractivity contribution in [1.82, 2.24) is 24.8 Å². The molecule has 0 aliphatic carbocycles. The standard InChI is InChI=1S/C29H27N5O8S/c35-25(36)13-33(14-26(37)38)11-20-7-4-8-22(30-20)24-17-43-29(32-24)23-10-19(18-5-2-1-3-6-18)9-21(31-23)12-34(15-27(39)40)16-28(41)42/h1-10,17H,11-16H2,(H,35,36)(H,37,38)(H,39,40)(H,41,42). The second kappa shape index (κ2) is 14.2. The summed E-state index contributed by atoms with van der Waals surface area (Å²) in [6.45, 7) is -1.87. The molecule has 14 heteroatoms. The Morgan fingerprint density at radius 1 is 0.581 bits per heavy atom. The third kappa shape index (κ3) is 9.22. The van der Waals surface area contributed by atoms with Crippen LogP contribution in [0.15, 0.2) is 66.0 Å². The number of carboxylic acids is 4. The van der Waals surface area contributed by atoms with Crippen LogP contribution in [0.2, 0.25) is 0 Å². The maximum absolute atomic E-state index is 11.3. The molecule has 0 radical (unpaired) electrons. The van der Waals surface area contributed by atoms with E-state index in [1.54, 1.807) is 29.6 Å². The Hall–Kier alpha value is -5.05. The van der Waals surface area contributed by atoms with E-state index < -0.39 is 50.1 Å². The van der Waals surface area contributed by atoms with Gasteiger partial charge in [-0.05, 0) is 35.4 Å². The van der Waals surface area contributed by atoms with Gasteiger partial charge in [0.2, 0.25) is 0 Å². The van der Waals surface area contributed by atoms with Crippen molar-refractivity contribution < 1.29 is 39.6 Å². The number of pyridine rings is 2. The first-order valence-electron chi connectivity index (χ1n) is 12.9. The van der Waals surface area contributed by atoms with Crippen LogP contribution in [0.5, 0.6) is 0 Å². The van der Waals surface area contributed by atoms with E-state index in [1.165, 1.54) is 21.1 Å². The minimum Gasteiger partial charge on any atom is -0.480 e. The average molecular weight is 606 g/mol. The molecule has 3 heterocycles. The smallest absolute Gasteiger partial charge is 0.317 e. The van der Waals surface area contributed by atoms with Gasteiger partial charge < -0.3 is 20.4 Å². The van der Waals surface area contributed by atoms with Crippen LogP contribution < -0.4 is 0 Å². The summed E-state index contributed by atoms with van der Waals surface area (Å²) < 4.78 is 0. The normalized spacial score (nSPS) is 11.1. The molecule has 4 aromatic rings. The zero-order valence-electron chi connectivity index (χ0n) is 22.7. The Labute approximate surface area is 249 Å². The van der Waals surface area contributed by atoms with Gasteiger partial charge in [-0.3, -0.25) is 29.0 Å². The second-order valence-corrected chi connectivity index (χ2v) is 10.4. The molecule has 4 N–H and O–H groups in total. The van der Waals surface area contributed by atoms with Crippen molar-refractivity contribution >= 4 is 35.2 Å². The molecule has 0 aliphatic heterocycles. The van der Waals surface area contributed by atoms with E-state index >= 15 is 0 Å². The number of aromatic nitrogens is 3. The molecule has 0 atom stereocenters. The fourth-order valence-corrected chi connectivity index (χ4v) is 5.13. The van der Waals surface area contributed by atoms with Gasteiger partial charge in [0.15, 0.2) is 0 Å². The minimum atomic E-state index is -1.16. The van der Waals surface area contributed by atoms with Crippen molar-refractivity contribution in [2.75, 3.05) is 26.2 Å². The summed E-state index contributed by atoms with van der Waals surface area (Å²) in [6, 6.07) is 18.2. The van der Waals surface area contributed by atoms with Crippen LogP contribution in [0, 0.1) is 0 Å². The molecule has 43 heavy (non-hydrogen) atoms. The number of hydrogen-bond acceptors (Lipinski definition) is 10. The van der Waals surface area contributed by atoms with Gasteiger partial charge >= 0.3 is 23.9 Å². The minimum absolute atomic E-state index is 0.0106. The molecule has 1 aromatic carbocycles. The summed E-state index contributed by atoms with van der Waals surface area (Å²) in [4.78, 5) is 61.5. The first-order valence-corrected chi connectivity index (χ1v) is 13.7. The molecule has 0 amide bonds. The Kier molecular flexibility index (Phi) is 10.2. The number of hydrogen-bond donors (Lipinski definition) is 4. The van der Waals surface area contributed by atoms with Gasteiger partial charge in [-0.2, -0.15) is 0 Å². The first-order chi connectivity index (χ1) is 20.5. The summed E-state index contributed by atoms with van der Waals surface area (Å²) in [6.07, 6.45) is 0. The van der Waals surface area contributed by atoms with Crippen LogP contribution in [0.3, 0.4) is 0 Å². The van der Waals surface area contributed by atoms with Gasteiger partial charge in [0, 0.05) is 18.5 Å². The third-order valence-electron chi connectivity index (χ3n) is 5.98. The molecule has 0 aliphatic rings. The third-order valence-corrected chi connectivity index (χ3v) is 6.85. The van der Waals surface area contributed by atoms with Gasteiger partial charge in [-0.1, -0.05) is 36.4 Å². The predicted molar refractivity (Wildman–Crippen MR) is 155 cm³/mol. The topological polar surface area (TPSA) is 194 Å². The number of carbonyl (C=O) groups is 4. The fraction of sp³-hybridized carbons (Fsp3) is 0.207. The van der Waals surface area contributed by atoms with Crippen LogP contribution in [-0.4, -0.2) is 95.2 Å². The first kappa shape index (κ1) is 30.9. The lowest BCUT2D eigenvalue weighted by Gasteiger charge is -2.18. The van der Waals surface area contributed by atoms with Crippen molar-refractivity contribution in [1.29, 1.82) is 0 Å². The van der Waals surface area contributed by atoms with Crippen LogP contribution in [0.25, 0.3) is 33.2 Å². The maximum atomic E-state index is 11.3. The highest BCUT2D eigenvalue weighted by Crippen LogP contribution is 2.31. The molecule has 222 valence electrons. The van der Waals surface area contributed by atoms with E-state index in [1.807, 2.05) is 36.4 Å². The van der Waals surface area contributed by atoms with Gasteiger partial charge in [0.1, 0.15) is 10.7 Å². The highest BCUT2D eigenvalue weighted by molar-refractivity contribution is 7.13. The highest BCUT2D eigenvalue weighted by atomic mass is 32.1. The molecule has 0 saturated heterocycles. The Bertz CT molecular complexity index is 1600. The molecular formula is C29H27N5O8S. The Morgan fingerprint density at radius 2 is 1.14 bits per heavy atom. The van der Waals surface area contributed by atoms with Gasteiger partial charge in [-0.15, -0.1) is 11.3 Å². The zero-order valence-corrected chi connectivity index (χ0v) is 23.5. The van der Waals surface area contributed by atoms with E-state index in [0.717, 1.165) is 11.1 Å². The number of rotatable bonds is 15. The Balaban J connectivity index is 1.66. The van der Waals surface area contributed by atoms with E-state index in [0.29, 0.717) is 33.5 Å². The summed E-state index contributed by atoms with van der Waals surface area (Å²) in [7, 11) is 0. The predicted octanol–water partition coefficient (Wildman–Crippen LogP) is 2.88. The monoisotopic (exact) mass is 605 g/mol. The lowest BCUT2D eigenvalue weighted by molar-refractivity contribution is -0.144. The van der Waals surface area contributed by atoms with Crippen LogP contribution >= 0.6 is 11.3 Å². The molecule has 0 saturated carbocycles. The summed E-state index contributed by atoms with van der Waals surface area (Å²) in [5, 5.41) is 39.1. The molecule has 0 bridgehead atoms. The van der Waals surface area contributed by atoms with Gasteiger partial charge in [0.05, 0.1) is 49.0 Å². The maximum Gasteiger partial charge on any atom is 0.317 e. The number of benzene rings is 1. The molecule has 0 fully saturated rings. The zero-order chi connectivity index (χ0) is 30.9. The van der Waals surface area contributed by atoms with Crippen LogP contribution in [0.4, 0.5) is 0 Å². The SMILES string of the molecule is O=C(O)CN(CC(=O)O)Cc1cccc(-c2csc(-c3cc(-c4ccccc4)cc(CN(CC(=O)O)CC(=O)O)n3)n2)n1. The van der Waals surface area contributed by atoms with Gasteiger partial charge in [0.25, 0.3) is 0 Å². The van der Waals surface area contributed by atoms with Crippen LogP contribution in [-0.2, 0) is 32.3 Å². The molecular weight excluding hydrogens is 578 g/mol. The molecule has 0 spiro atoms. The molecule has 13 nitrogen and oxygen atoms in total. The lowest BCUT2D eigenvalue weighted by Crippen LogP contribution is -2.34. The van der Waals surface area contributed by atoms with Crippen molar-refractivity contribution in [2.45, 2.75) is 13.1 Å². The number of nitrogens with zero attached hydrogens (tertiary/aromatic N) is 5. The van der Waals surface area contributed by atoms with E-state index in [4.69, 9.17) is 15.2 Å². The Morgan fingerprint density at radius 3 is 1.72 bits per heavy atom. The van der Waals surface area contributed by atoms with E-state index in [9.17, 15) is 29.4 Å². The lowest BCUT2D eigenvalue weighted by atomic mass is 10.0. The fourth-order valence-electron chi connectivity index (χ4n) is 4.35. The summed E-state index contributed by atoms with van der Waals surface area (Å²) in [5.74, 6) is -4.62. The van der Waals surface area contributed by atoms with Crippen LogP contribution in [0.1, 0.15) is 11.4 Å². The largest absolute Gasteiger partial charge is 0.480 e. The van der Waals surface area contributed by atoms with Crippen molar-refractivity contribution in [3.8, 4) is 33.2 Å². The van der Waals surface area contributed by atoms with E-state index in [2.05, 4.69) is 9.97 Å². The molecule has 3 aromatic heterocycles. The number of aliphatic carboxylic acids is 4. The average Bonchev–Trinajstić information content (AvgIpc) is 3.43. The molecule has 4 rings (SSSR count). The van der Waals surface area contributed by atoms with Crippen molar-refractivity contribution in [3.63, 3.8) is 0 Å². The second-order valence-electron chi connectivity index (χ2n) is 9.52. The van der Waals surface area contributed by atoms with E-state index in [-0.39, 0.29) is 13.1 Å². The van der Waals surface area contributed by atoms with Gasteiger partial charge in [-0.25, -0.2) is 15.0 Å². The quantitative estimate of drug-likeness (QED) is 0.155. The highest BCUT2D eigenvalue weighted by Gasteiger charge is 2.19. The summed E-state index contributed by atoms with van der Waals surface area (Å²) >= 11 is 1.31. The molecule has 0 unspecified atom stereocenters. The number of carboxylic acid groups (broad SMARTS) is 4. The van der Waals surface area contributed by atoms with Crippen molar-refractivity contribution in [3.05, 3.63) is 77.4 Å².